The molecule has 4 heteroatoms. The second-order valence-electron chi connectivity index (χ2n) is 7.69. The maximum atomic E-state index is 3.44. The van der Waals surface area contributed by atoms with Crippen LogP contribution in [0.5, 0.6) is 0 Å². The van der Waals surface area contributed by atoms with Crippen molar-refractivity contribution in [2.45, 2.75) is 39.3 Å². The number of nitrogens with zero attached hydrogens (tertiary/aromatic N) is 2. The summed E-state index contributed by atoms with van der Waals surface area (Å²) in [5.41, 5.74) is 1.72. The van der Waals surface area contributed by atoms with E-state index in [1.165, 1.54) is 38.0 Å². The summed E-state index contributed by atoms with van der Waals surface area (Å²) >= 11 is 0. The topological polar surface area (TPSA) is 18.5 Å². The summed E-state index contributed by atoms with van der Waals surface area (Å²) < 4.78 is 0. The van der Waals surface area contributed by atoms with Gasteiger partial charge in [-0.1, -0.05) is 44.2 Å². The maximum absolute atomic E-state index is 3.44. The predicted molar refractivity (Wildman–Crippen MR) is 102 cm³/mol. The molecule has 0 bridgehead atoms. The van der Waals surface area contributed by atoms with E-state index in [4.69, 9.17) is 0 Å². The van der Waals surface area contributed by atoms with Gasteiger partial charge in [0.15, 0.2) is 0 Å². The number of hydrogen-bond donors (Lipinski definition) is 1. The lowest BCUT2D eigenvalue weighted by Gasteiger charge is -2.39. The minimum atomic E-state index is 0. The third-order valence-corrected chi connectivity index (χ3v) is 4.56. The maximum Gasteiger partial charge on any atom is 0.0230 e. The Morgan fingerprint density at radius 1 is 1.26 bits per heavy atom. The van der Waals surface area contributed by atoms with Gasteiger partial charge in [-0.25, -0.2) is 0 Å². The molecular weight excluding hydrogens is 306 g/mol. The summed E-state index contributed by atoms with van der Waals surface area (Å²) in [4.78, 5) is 5.09. The lowest BCUT2D eigenvalue weighted by atomic mass is 9.90. The van der Waals surface area contributed by atoms with Gasteiger partial charge in [-0.15, -0.1) is 12.4 Å². The first-order valence-corrected chi connectivity index (χ1v) is 8.60. The van der Waals surface area contributed by atoms with Gasteiger partial charge >= 0.3 is 0 Å². The minimum absolute atomic E-state index is 0. The van der Waals surface area contributed by atoms with Crippen molar-refractivity contribution in [1.82, 2.24) is 15.1 Å². The Bertz CT molecular complexity index is 436. The molecule has 0 saturated carbocycles. The predicted octanol–water partition coefficient (Wildman–Crippen LogP) is 3.25. The smallest absolute Gasteiger partial charge is 0.0230 e. The average Bonchev–Trinajstić information content (AvgIpc) is 2.47. The zero-order valence-corrected chi connectivity index (χ0v) is 16.0. The number of likely N-dealkylation sites (N-methyl/N-ethyl adjacent to an activating group) is 1. The summed E-state index contributed by atoms with van der Waals surface area (Å²) in [7, 11) is 4.33. The number of rotatable bonds is 7. The molecule has 1 saturated heterocycles. The van der Waals surface area contributed by atoms with Crippen LogP contribution in [0.4, 0.5) is 0 Å². The number of likely N-dealkylation sites (tertiary alicyclic amines) is 1. The van der Waals surface area contributed by atoms with Gasteiger partial charge < -0.3 is 15.1 Å². The molecule has 0 aliphatic carbocycles. The van der Waals surface area contributed by atoms with Gasteiger partial charge in [-0.2, -0.15) is 0 Å². The molecule has 1 fully saturated rings. The molecule has 1 N–H and O–H groups in total. The van der Waals surface area contributed by atoms with Gasteiger partial charge in [0.2, 0.25) is 0 Å². The van der Waals surface area contributed by atoms with E-state index in [1.807, 2.05) is 0 Å². The third kappa shape index (κ3) is 7.21. The molecule has 132 valence electrons. The standard InChI is InChI=1S/C19H33N3.ClH/c1-19(2,16-22-12-8-11-18(14-22)20-3)15-21(4)13-17-9-6-5-7-10-17;/h5-7,9-10,18,20H,8,11-16H2,1-4H3;1H. The molecule has 1 aliphatic rings. The number of halogens is 1. The van der Waals surface area contributed by atoms with Gasteiger partial charge in [-0.3, -0.25) is 0 Å². The molecule has 1 unspecified atom stereocenters. The third-order valence-electron chi connectivity index (χ3n) is 4.56. The monoisotopic (exact) mass is 339 g/mol. The molecule has 0 spiro atoms. The average molecular weight is 340 g/mol. The first-order chi connectivity index (χ1) is 10.5. The van der Waals surface area contributed by atoms with Crippen molar-refractivity contribution in [3.8, 4) is 0 Å². The van der Waals surface area contributed by atoms with Gasteiger partial charge in [0.05, 0.1) is 0 Å². The number of hydrogen-bond acceptors (Lipinski definition) is 3. The molecule has 0 aromatic heterocycles. The molecule has 2 rings (SSSR count). The molecule has 0 amide bonds. The lowest BCUT2D eigenvalue weighted by Crippen LogP contribution is -2.49. The van der Waals surface area contributed by atoms with Gasteiger partial charge in [0.25, 0.3) is 0 Å². The fraction of sp³-hybridized carbons (Fsp3) is 0.684. The molecular formula is C19H34ClN3. The minimum Gasteiger partial charge on any atom is -0.316 e. The number of piperidine rings is 1. The second kappa shape index (κ2) is 9.63. The largest absolute Gasteiger partial charge is 0.316 e. The van der Waals surface area contributed by atoms with E-state index in [9.17, 15) is 0 Å². The molecule has 3 nitrogen and oxygen atoms in total. The van der Waals surface area contributed by atoms with Gasteiger partial charge in [-0.05, 0) is 44.5 Å². The highest BCUT2D eigenvalue weighted by atomic mass is 35.5. The Kier molecular flexibility index (Phi) is 8.56. The quantitative estimate of drug-likeness (QED) is 0.822. The Hall–Kier alpha value is -0.610. The molecule has 23 heavy (non-hydrogen) atoms. The van der Waals surface area contributed by atoms with Crippen LogP contribution < -0.4 is 5.32 Å². The zero-order valence-electron chi connectivity index (χ0n) is 15.2. The van der Waals surface area contributed by atoms with E-state index in [1.54, 1.807) is 0 Å². The SMILES string of the molecule is CNC1CCCN(CC(C)(C)CN(C)Cc2ccccc2)C1.Cl. The van der Waals surface area contributed by atoms with Crippen molar-refractivity contribution in [3.05, 3.63) is 35.9 Å². The van der Waals surface area contributed by atoms with E-state index in [-0.39, 0.29) is 12.4 Å². The van der Waals surface area contributed by atoms with Crippen LogP contribution in [0, 0.1) is 5.41 Å². The Labute approximate surface area is 148 Å². The molecule has 1 heterocycles. The van der Waals surface area contributed by atoms with Crippen LogP contribution >= 0.6 is 12.4 Å². The molecule has 1 aromatic rings. The molecule has 0 radical (unpaired) electrons. The summed E-state index contributed by atoms with van der Waals surface area (Å²) in [6.07, 6.45) is 2.64. The van der Waals surface area contributed by atoms with Crippen LogP contribution in [0.1, 0.15) is 32.3 Å². The highest BCUT2D eigenvalue weighted by molar-refractivity contribution is 5.85. The van der Waals surface area contributed by atoms with Crippen molar-refractivity contribution < 1.29 is 0 Å². The van der Waals surface area contributed by atoms with Gasteiger partial charge in [0.1, 0.15) is 0 Å². The normalized spacial score (nSPS) is 19.6. The van der Waals surface area contributed by atoms with Crippen molar-refractivity contribution >= 4 is 12.4 Å². The first kappa shape index (κ1) is 20.4. The second-order valence-corrected chi connectivity index (χ2v) is 7.69. The summed E-state index contributed by atoms with van der Waals surface area (Å²) in [5.74, 6) is 0. The molecule has 1 atom stereocenters. The summed E-state index contributed by atoms with van der Waals surface area (Å²) in [6, 6.07) is 11.4. The summed E-state index contributed by atoms with van der Waals surface area (Å²) in [5, 5.41) is 3.44. The van der Waals surface area contributed by atoms with E-state index < -0.39 is 0 Å². The molecule has 1 aromatic carbocycles. The van der Waals surface area contributed by atoms with E-state index in [0.29, 0.717) is 11.5 Å². The van der Waals surface area contributed by atoms with Crippen LogP contribution in [0.25, 0.3) is 0 Å². The highest BCUT2D eigenvalue weighted by Crippen LogP contribution is 2.22. The van der Waals surface area contributed by atoms with E-state index in [2.05, 4.69) is 73.4 Å². The first-order valence-electron chi connectivity index (χ1n) is 8.60. The fourth-order valence-electron chi connectivity index (χ4n) is 3.77. The lowest BCUT2D eigenvalue weighted by molar-refractivity contribution is 0.105. The number of benzene rings is 1. The van der Waals surface area contributed by atoms with Crippen LogP contribution in [0.15, 0.2) is 30.3 Å². The summed E-state index contributed by atoms with van der Waals surface area (Å²) in [6.45, 7) is 10.6. The van der Waals surface area contributed by atoms with Crippen LogP contribution in [-0.4, -0.2) is 56.1 Å². The fourth-order valence-corrected chi connectivity index (χ4v) is 3.77. The highest BCUT2D eigenvalue weighted by Gasteiger charge is 2.26. The van der Waals surface area contributed by atoms with Crippen LogP contribution in [0.3, 0.4) is 0 Å². The van der Waals surface area contributed by atoms with Crippen molar-refractivity contribution in [2.75, 3.05) is 40.3 Å². The Morgan fingerprint density at radius 3 is 2.61 bits per heavy atom. The van der Waals surface area contributed by atoms with E-state index >= 15 is 0 Å². The van der Waals surface area contributed by atoms with Gasteiger partial charge in [0, 0.05) is 32.2 Å². The van der Waals surface area contributed by atoms with Crippen LogP contribution in [0.2, 0.25) is 0 Å². The van der Waals surface area contributed by atoms with Crippen molar-refractivity contribution in [3.63, 3.8) is 0 Å². The number of nitrogens with one attached hydrogen (secondary N) is 1. The molecule has 1 aliphatic heterocycles. The van der Waals surface area contributed by atoms with Crippen molar-refractivity contribution in [1.29, 1.82) is 0 Å². The van der Waals surface area contributed by atoms with Crippen LogP contribution in [-0.2, 0) is 6.54 Å². The Morgan fingerprint density at radius 2 is 1.96 bits per heavy atom. The van der Waals surface area contributed by atoms with Crippen molar-refractivity contribution in [2.24, 2.45) is 5.41 Å². The van der Waals surface area contributed by atoms with E-state index in [0.717, 1.165) is 13.1 Å². The zero-order chi connectivity index (χ0) is 16.0. The Balaban J connectivity index is 0.00000264.